The quantitative estimate of drug-likeness (QED) is 0.838. The van der Waals surface area contributed by atoms with Crippen molar-refractivity contribution in [3.63, 3.8) is 0 Å². The molecular weight excluding hydrogens is 224 g/mol. The minimum Gasteiger partial charge on any atom is -0.508 e. The van der Waals surface area contributed by atoms with Crippen molar-refractivity contribution in [3.05, 3.63) is 29.8 Å². The van der Waals surface area contributed by atoms with Crippen LogP contribution in [0.1, 0.15) is 25.3 Å². The Balaban J connectivity index is 1.90. The number of nitrogens with one attached hydrogen (secondary N) is 1. The molecule has 0 amide bonds. The smallest absolute Gasteiger partial charge is 0.120 e. The summed E-state index contributed by atoms with van der Waals surface area (Å²) >= 11 is 0. The first-order chi connectivity index (χ1) is 8.79. The van der Waals surface area contributed by atoms with Crippen LogP contribution in [0.3, 0.4) is 0 Å². The molecule has 0 aromatic heterocycles. The molecule has 3 nitrogen and oxygen atoms in total. The lowest BCUT2D eigenvalue weighted by atomic mass is 9.99. The third-order valence-electron chi connectivity index (χ3n) is 3.75. The van der Waals surface area contributed by atoms with Crippen molar-refractivity contribution in [2.45, 2.75) is 26.3 Å². The standard InChI is InChI=1S/C15H24N2O/c1-2-17(11-13-6-5-9-16-10-13)12-14-7-3-4-8-15(14)18/h3-4,7-8,13,16,18H,2,5-6,9-12H2,1H3. The Hall–Kier alpha value is -1.06. The van der Waals surface area contributed by atoms with Crippen LogP contribution in [0.4, 0.5) is 0 Å². The van der Waals surface area contributed by atoms with Crippen LogP contribution in [-0.2, 0) is 6.54 Å². The predicted molar refractivity (Wildman–Crippen MR) is 74.7 cm³/mol. The topological polar surface area (TPSA) is 35.5 Å². The Morgan fingerprint density at radius 1 is 1.39 bits per heavy atom. The van der Waals surface area contributed by atoms with Gasteiger partial charge in [0.1, 0.15) is 5.75 Å². The molecule has 0 spiro atoms. The molecule has 1 atom stereocenters. The van der Waals surface area contributed by atoms with Crippen molar-refractivity contribution < 1.29 is 5.11 Å². The van der Waals surface area contributed by atoms with Gasteiger partial charge in [-0.3, -0.25) is 4.90 Å². The molecule has 0 radical (unpaired) electrons. The molecule has 1 aliphatic rings. The van der Waals surface area contributed by atoms with Gasteiger partial charge in [0.15, 0.2) is 0 Å². The second kappa shape index (κ2) is 6.76. The van der Waals surface area contributed by atoms with Gasteiger partial charge in [-0.15, -0.1) is 0 Å². The van der Waals surface area contributed by atoms with Crippen molar-refractivity contribution in [3.8, 4) is 5.75 Å². The van der Waals surface area contributed by atoms with Crippen LogP contribution in [0.5, 0.6) is 5.75 Å². The molecule has 100 valence electrons. The van der Waals surface area contributed by atoms with Crippen molar-refractivity contribution >= 4 is 0 Å². The van der Waals surface area contributed by atoms with E-state index in [1.54, 1.807) is 6.07 Å². The summed E-state index contributed by atoms with van der Waals surface area (Å²) in [5.41, 5.74) is 1.03. The SMILES string of the molecule is CCN(Cc1ccccc1O)CC1CCCNC1. The number of para-hydroxylation sites is 1. The zero-order valence-electron chi connectivity index (χ0n) is 11.2. The maximum atomic E-state index is 9.82. The fourth-order valence-corrected chi connectivity index (χ4v) is 2.64. The van der Waals surface area contributed by atoms with Gasteiger partial charge in [0.25, 0.3) is 0 Å². The third-order valence-corrected chi connectivity index (χ3v) is 3.75. The van der Waals surface area contributed by atoms with E-state index in [0.29, 0.717) is 5.75 Å². The summed E-state index contributed by atoms with van der Waals surface area (Å²) in [6.45, 7) is 7.50. The van der Waals surface area contributed by atoms with Crippen molar-refractivity contribution in [1.82, 2.24) is 10.2 Å². The summed E-state index contributed by atoms with van der Waals surface area (Å²) < 4.78 is 0. The second-order valence-corrected chi connectivity index (χ2v) is 5.17. The highest BCUT2D eigenvalue weighted by molar-refractivity contribution is 5.31. The van der Waals surface area contributed by atoms with Gasteiger partial charge in [-0.2, -0.15) is 0 Å². The number of phenolic OH excluding ortho intramolecular Hbond substituents is 1. The first-order valence-corrected chi connectivity index (χ1v) is 6.99. The van der Waals surface area contributed by atoms with Crippen LogP contribution in [-0.4, -0.2) is 36.2 Å². The van der Waals surface area contributed by atoms with Crippen LogP contribution in [0.25, 0.3) is 0 Å². The molecule has 0 saturated carbocycles. The highest BCUT2D eigenvalue weighted by Gasteiger charge is 2.16. The molecule has 1 heterocycles. The Bertz CT molecular complexity index is 361. The number of aromatic hydroxyl groups is 1. The predicted octanol–water partition coefficient (Wildman–Crippen LogP) is 2.21. The molecule has 1 saturated heterocycles. The number of hydrogen-bond donors (Lipinski definition) is 2. The number of piperidine rings is 1. The zero-order valence-corrected chi connectivity index (χ0v) is 11.2. The molecule has 0 aliphatic carbocycles. The van der Waals surface area contributed by atoms with E-state index >= 15 is 0 Å². The maximum absolute atomic E-state index is 9.82. The molecule has 0 bridgehead atoms. The van der Waals surface area contributed by atoms with E-state index in [2.05, 4.69) is 17.1 Å². The lowest BCUT2D eigenvalue weighted by molar-refractivity contribution is 0.208. The number of benzene rings is 1. The van der Waals surface area contributed by atoms with E-state index in [1.165, 1.54) is 19.4 Å². The molecule has 1 aromatic carbocycles. The number of rotatable bonds is 5. The fourth-order valence-electron chi connectivity index (χ4n) is 2.64. The zero-order chi connectivity index (χ0) is 12.8. The second-order valence-electron chi connectivity index (χ2n) is 5.17. The van der Waals surface area contributed by atoms with E-state index in [4.69, 9.17) is 0 Å². The van der Waals surface area contributed by atoms with E-state index in [9.17, 15) is 5.11 Å². The normalized spacial score (nSPS) is 20.2. The summed E-state index contributed by atoms with van der Waals surface area (Å²) in [7, 11) is 0. The van der Waals surface area contributed by atoms with Gasteiger partial charge < -0.3 is 10.4 Å². The summed E-state index contributed by atoms with van der Waals surface area (Å²) in [5.74, 6) is 1.17. The Kier molecular flexibility index (Phi) is 5.02. The molecular formula is C15H24N2O. The largest absolute Gasteiger partial charge is 0.508 e. The Labute approximate surface area is 110 Å². The molecule has 1 aliphatic heterocycles. The van der Waals surface area contributed by atoms with Crippen LogP contribution < -0.4 is 5.32 Å². The van der Waals surface area contributed by atoms with Gasteiger partial charge >= 0.3 is 0 Å². The maximum Gasteiger partial charge on any atom is 0.120 e. The average Bonchev–Trinajstić information content (AvgIpc) is 2.41. The summed E-state index contributed by atoms with van der Waals surface area (Å²) in [6.07, 6.45) is 2.61. The minimum absolute atomic E-state index is 0.415. The van der Waals surface area contributed by atoms with Gasteiger partial charge in [-0.1, -0.05) is 25.1 Å². The Morgan fingerprint density at radius 2 is 2.22 bits per heavy atom. The molecule has 3 heteroatoms. The molecule has 18 heavy (non-hydrogen) atoms. The molecule has 1 unspecified atom stereocenters. The number of hydrogen-bond acceptors (Lipinski definition) is 3. The number of phenols is 1. The van der Waals surface area contributed by atoms with Crippen LogP contribution in [0.2, 0.25) is 0 Å². The summed E-state index contributed by atoms with van der Waals surface area (Å²) in [5, 5.41) is 13.3. The monoisotopic (exact) mass is 248 g/mol. The van der Waals surface area contributed by atoms with Gasteiger partial charge in [-0.05, 0) is 44.5 Å². The fraction of sp³-hybridized carbons (Fsp3) is 0.600. The first kappa shape index (κ1) is 13.4. The molecule has 1 aromatic rings. The summed E-state index contributed by atoms with van der Waals surface area (Å²) in [6, 6.07) is 7.65. The Morgan fingerprint density at radius 3 is 2.89 bits per heavy atom. The highest BCUT2D eigenvalue weighted by Crippen LogP contribution is 2.19. The van der Waals surface area contributed by atoms with Gasteiger partial charge in [-0.25, -0.2) is 0 Å². The van der Waals surface area contributed by atoms with E-state index in [-0.39, 0.29) is 0 Å². The van der Waals surface area contributed by atoms with E-state index in [1.807, 2.05) is 18.2 Å². The van der Waals surface area contributed by atoms with Crippen LogP contribution in [0, 0.1) is 5.92 Å². The van der Waals surface area contributed by atoms with Crippen LogP contribution >= 0.6 is 0 Å². The van der Waals surface area contributed by atoms with E-state index in [0.717, 1.165) is 37.7 Å². The first-order valence-electron chi connectivity index (χ1n) is 6.99. The van der Waals surface area contributed by atoms with E-state index < -0.39 is 0 Å². The van der Waals surface area contributed by atoms with Gasteiger partial charge in [0.05, 0.1) is 0 Å². The average molecular weight is 248 g/mol. The minimum atomic E-state index is 0.415. The number of nitrogens with zero attached hydrogens (tertiary/aromatic N) is 1. The van der Waals surface area contributed by atoms with Crippen LogP contribution in [0.15, 0.2) is 24.3 Å². The molecule has 2 rings (SSSR count). The lowest BCUT2D eigenvalue weighted by Crippen LogP contribution is -2.38. The van der Waals surface area contributed by atoms with Crippen molar-refractivity contribution in [2.24, 2.45) is 5.92 Å². The summed E-state index contributed by atoms with van der Waals surface area (Å²) in [4.78, 5) is 2.42. The highest BCUT2D eigenvalue weighted by atomic mass is 16.3. The third kappa shape index (κ3) is 3.72. The molecule has 2 N–H and O–H groups in total. The lowest BCUT2D eigenvalue weighted by Gasteiger charge is -2.29. The van der Waals surface area contributed by atoms with Gasteiger partial charge in [0, 0.05) is 18.7 Å². The van der Waals surface area contributed by atoms with Gasteiger partial charge in [0.2, 0.25) is 0 Å². The van der Waals surface area contributed by atoms with Crippen molar-refractivity contribution in [1.29, 1.82) is 0 Å². The van der Waals surface area contributed by atoms with Crippen molar-refractivity contribution in [2.75, 3.05) is 26.2 Å². The molecule has 1 fully saturated rings.